The number of hydrogen-bond donors (Lipinski definition) is 2. The zero-order valence-electron chi connectivity index (χ0n) is 18.8. The van der Waals surface area contributed by atoms with E-state index in [4.69, 9.17) is 10.1 Å². The van der Waals surface area contributed by atoms with Gasteiger partial charge in [0.1, 0.15) is 0 Å². The van der Waals surface area contributed by atoms with Gasteiger partial charge in [-0.1, -0.05) is 30.3 Å². The van der Waals surface area contributed by atoms with Crippen molar-refractivity contribution in [2.45, 2.75) is 38.6 Å². The van der Waals surface area contributed by atoms with E-state index in [1.165, 1.54) is 6.07 Å². The monoisotopic (exact) mass is 463 g/mol. The number of benzene rings is 2. The maximum absolute atomic E-state index is 13.4. The molecule has 0 radical (unpaired) electrons. The molecule has 4 rings (SSSR count). The molecule has 0 aliphatic rings. The van der Waals surface area contributed by atoms with E-state index < -0.39 is 15.9 Å². The number of amides is 1. The number of rotatable bonds is 5. The highest BCUT2D eigenvalue weighted by molar-refractivity contribution is 7.89. The number of aromatic nitrogens is 3. The van der Waals surface area contributed by atoms with Crippen molar-refractivity contribution < 1.29 is 13.2 Å². The van der Waals surface area contributed by atoms with Crippen molar-refractivity contribution in [2.24, 2.45) is 5.14 Å². The Hall–Kier alpha value is -3.56. The molecule has 2 heterocycles. The lowest BCUT2D eigenvalue weighted by molar-refractivity contribution is 0.102. The number of anilines is 1. The summed E-state index contributed by atoms with van der Waals surface area (Å²) in [5.41, 5.74) is 4.42. The fourth-order valence-electron chi connectivity index (χ4n) is 3.76. The van der Waals surface area contributed by atoms with Gasteiger partial charge in [-0.2, -0.15) is 5.10 Å². The van der Waals surface area contributed by atoms with Crippen molar-refractivity contribution in [1.82, 2.24) is 14.8 Å². The van der Waals surface area contributed by atoms with Crippen molar-refractivity contribution in [2.75, 3.05) is 5.32 Å². The minimum absolute atomic E-state index is 0.0339. The third-order valence-electron chi connectivity index (χ3n) is 5.47. The fourth-order valence-corrected chi connectivity index (χ4v) is 4.57. The van der Waals surface area contributed by atoms with Crippen LogP contribution >= 0.6 is 0 Å². The maximum atomic E-state index is 13.4. The SMILES string of the molecule is Cc1ccccc1-c1cc(C(=O)Nc2ccc(C)c(S(N)(=O)=O)c2)c2cnn(C(C)C)c2n1. The molecule has 0 spiro atoms. The van der Waals surface area contributed by atoms with Crippen LogP contribution in [0, 0.1) is 13.8 Å². The van der Waals surface area contributed by atoms with E-state index in [2.05, 4.69) is 10.4 Å². The summed E-state index contributed by atoms with van der Waals surface area (Å²) in [7, 11) is -3.92. The van der Waals surface area contributed by atoms with Crippen molar-refractivity contribution in [3.05, 3.63) is 71.4 Å². The first-order valence-corrected chi connectivity index (χ1v) is 12.0. The molecule has 4 aromatic rings. The second-order valence-electron chi connectivity index (χ2n) is 8.27. The van der Waals surface area contributed by atoms with Gasteiger partial charge in [-0.3, -0.25) is 4.79 Å². The number of carbonyl (C=O) groups is 1. The number of nitrogens with zero attached hydrogens (tertiary/aromatic N) is 3. The quantitative estimate of drug-likeness (QED) is 0.460. The molecule has 1 amide bonds. The Kier molecular flexibility index (Phi) is 5.77. The van der Waals surface area contributed by atoms with Crippen molar-refractivity contribution >= 4 is 32.7 Å². The van der Waals surface area contributed by atoms with E-state index in [-0.39, 0.29) is 10.9 Å². The zero-order chi connectivity index (χ0) is 23.9. The van der Waals surface area contributed by atoms with Gasteiger partial charge in [-0.15, -0.1) is 0 Å². The molecular weight excluding hydrogens is 438 g/mol. The average molecular weight is 464 g/mol. The summed E-state index contributed by atoms with van der Waals surface area (Å²) >= 11 is 0. The number of nitrogens with one attached hydrogen (secondary N) is 1. The van der Waals surface area contributed by atoms with Crippen molar-refractivity contribution in [3.8, 4) is 11.3 Å². The van der Waals surface area contributed by atoms with Crippen LogP contribution in [0.15, 0.2) is 59.6 Å². The van der Waals surface area contributed by atoms with Crippen LogP contribution < -0.4 is 10.5 Å². The van der Waals surface area contributed by atoms with Gasteiger partial charge in [0.25, 0.3) is 5.91 Å². The predicted molar refractivity (Wildman–Crippen MR) is 129 cm³/mol. The van der Waals surface area contributed by atoms with E-state index in [0.717, 1.165) is 11.1 Å². The molecule has 33 heavy (non-hydrogen) atoms. The molecule has 3 N–H and O–H groups in total. The molecular formula is C24H25N5O3S. The standard InChI is InChI=1S/C24H25N5O3S/c1-14(2)29-23-20(13-26-29)19(12-21(28-23)18-8-6-5-7-15(18)3)24(30)27-17-10-9-16(4)22(11-17)33(25,31)32/h5-14H,1-4H3,(H,27,30)(H2,25,31,32). The first-order chi connectivity index (χ1) is 15.6. The van der Waals surface area contributed by atoms with E-state index >= 15 is 0 Å². The second-order valence-corrected chi connectivity index (χ2v) is 9.80. The summed E-state index contributed by atoms with van der Waals surface area (Å²) < 4.78 is 25.5. The number of primary sulfonamides is 1. The number of carbonyl (C=O) groups excluding carboxylic acids is 1. The van der Waals surface area contributed by atoms with Gasteiger partial charge in [0.2, 0.25) is 10.0 Å². The topological polar surface area (TPSA) is 120 Å². The van der Waals surface area contributed by atoms with Gasteiger partial charge in [0.15, 0.2) is 5.65 Å². The van der Waals surface area contributed by atoms with Crippen LogP contribution in [0.4, 0.5) is 5.69 Å². The maximum Gasteiger partial charge on any atom is 0.256 e. The number of aryl methyl sites for hydroxylation is 2. The van der Waals surface area contributed by atoms with E-state index in [1.54, 1.807) is 36.0 Å². The minimum Gasteiger partial charge on any atom is -0.322 e. The summed E-state index contributed by atoms with van der Waals surface area (Å²) in [4.78, 5) is 18.2. The summed E-state index contributed by atoms with van der Waals surface area (Å²) in [6.07, 6.45) is 1.63. The summed E-state index contributed by atoms with van der Waals surface area (Å²) in [5, 5.41) is 13.2. The molecule has 0 bridgehead atoms. The third-order valence-corrected chi connectivity index (χ3v) is 6.53. The van der Waals surface area contributed by atoms with E-state index in [1.807, 2.05) is 45.0 Å². The molecule has 0 aliphatic heterocycles. The molecule has 9 heteroatoms. The largest absolute Gasteiger partial charge is 0.322 e. The number of fused-ring (bicyclic) bond motifs is 1. The first kappa shape index (κ1) is 22.6. The van der Waals surface area contributed by atoms with Crippen LogP contribution in [0.3, 0.4) is 0 Å². The molecule has 0 fully saturated rings. The fraction of sp³-hybridized carbons (Fsp3) is 0.208. The molecule has 0 saturated carbocycles. The van der Waals surface area contributed by atoms with E-state index in [9.17, 15) is 13.2 Å². The lowest BCUT2D eigenvalue weighted by Crippen LogP contribution is -2.16. The van der Waals surface area contributed by atoms with Gasteiger partial charge in [-0.25, -0.2) is 23.2 Å². The van der Waals surface area contributed by atoms with Crippen LogP contribution in [-0.4, -0.2) is 29.1 Å². The van der Waals surface area contributed by atoms with Gasteiger partial charge < -0.3 is 5.32 Å². The smallest absolute Gasteiger partial charge is 0.256 e. The Morgan fingerprint density at radius 3 is 2.45 bits per heavy atom. The molecule has 2 aromatic carbocycles. The Morgan fingerprint density at radius 2 is 1.79 bits per heavy atom. The van der Waals surface area contributed by atoms with Crippen LogP contribution in [0.1, 0.15) is 41.4 Å². The summed E-state index contributed by atoms with van der Waals surface area (Å²) in [6.45, 7) is 7.62. The lowest BCUT2D eigenvalue weighted by Gasteiger charge is -2.13. The van der Waals surface area contributed by atoms with Gasteiger partial charge >= 0.3 is 0 Å². The van der Waals surface area contributed by atoms with Gasteiger partial charge in [-0.05, 0) is 57.0 Å². The van der Waals surface area contributed by atoms with Crippen LogP contribution in [-0.2, 0) is 10.0 Å². The Bertz CT molecular complexity index is 1490. The molecule has 170 valence electrons. The van der Waals surface area contributed by atoms with Crippen LogP contribution in [0.5, 0.6) is 0 Å². The Labute approximate surface area is 192 Å². The summed E-state index contributed by atoms with van der Waals surface area (Å²) in [6, 6.07) is 14.2. The normalized spacial score (nSPS) is 11.8. The van der Waals surface area contributed by atoms with Crippen molar-refractivity contribution in [1.29, 1.82) is 0 Å². The van der Waals surface area contributed by atoms with Gasteiger partial charge in [0, 0.05) is 17.3 Å². The number of hydrogen-bond acceptors (Lipinski definition) is 5. The Morgan fingerprint density at radius 1 is 1.06 bits per heavy atom. The lowest BCUT2D eigenvalue weighted by atomic mass is 10.0. The zero-order valence-corrected chi connectivity index (χ0v) is 19.6. The first-order valence-electron chi connectivity index (χ1n) is 10.5. The highest BCUT2D eigenvalue weighted by atomic mass is 32.2. The molecule has 2 aromatic heterocycles. The summed E-state index contributed by atoms with van der Waals surface area (Å²) in [5.74, 6) is -0.398. The second kappa shape index (κ2) is 8.42. The molecule has 0 aliphatic carbocycles. The molecule has 0 atom stereocenters. The number of nitrogens with two attached hydrogens (primary N) is 1. The minimum atomic E-state index is -3.92. The highest BCUT2D eigenvalue weighted by Gasteiger charge is 2.20. The number of pyridine rings is 1. The number of sulfonamides is 1. The molecule has 0 unspecified atom stereocenters. The third kappa shape index (κ3) is 4.37. The molecule has 0 saturated heterocycles. The van der Waals surface area contributed by atoms with Crippen LogP contribution in [0.25, 0.3) is 22.3 Å². The predicted octanol–water partition coefficient (Wildman–Crippen LogP) is 4.20. The van der Waals surface area contributed by atoms with Crippen molar-refractivity contribution in [3.63, 3.8) is 0 Å². The average Bonchev–Trinajstić information content (AvgIpc) is 3.18. The van der Waals surface area contributed by atoms with Gasteiger partial charge in [0.05, 0.1) is 27.7 Å². The molecule has 8 nitrogen and oxygen atoms in total. The van der Waals surface area contributed by atoms with E-state index in [0.29, 0.717) is 33.5 Å². The Balaban J connectivity index is 1.85. The van der Waals surface area contributed by atoms with Crippen LogP contribution in [0.2, 0.25) is 0 Å². The highest BCUT2D eigenvalue weighted by Crippen LogP contribution is 2.29.